The quantitative estimate of drug-likeness (QED) is 0.599. The summed E-state index contributed by atoms with van der Waals surface area (Å²) in [4.78, 5) is 10.8. The summed E-state index contributed by atoms with van der Waals surface area (Å²) < 4.78 is 6.56. The van der Waals surface area contributed by atoms with Crippen LogP contribution in [0.4, 0.5) is 0 Å². The van der Waals surface area contributed by atoms with Crippen molar-refractivity contribution in [2.75, 3.05) is 6.61 Å². The lowest BCUT2D eigenvalue weighted by Crippen LogP contribution is -2.67. The molecule has 3 nitrogen and oxygen atoms in total. The highest BCUT2D eigenvalue weighted by Gasteiger charge is 2.50. The summed E-state index contributed by atoms with van der Waals surface area (Å²) in [5.41, 5.74) is 0. The van der Waals surface area contributed by atoms with Crippen molar-refractivity contribution in [3.8, 4) is 0 Å². The van der Waals surface area contributed by atoms with Crippen LogP contribution in [0.3, 0.4) is 0 Å². The van der Waals surface area contributed by atoms with Crippen molar-refractivity contribution in [1.29, 1.82) is 0 Å². The zero-order valence-electron chi connectivity index (χ0n) is 14.3. The second kappa shape index (κ2) is 7.19. The monoisotopic (exact) mass is 327 g/mol. The van der Waals surface area contributed by atoms with Crippen LogP contribution in [0.1, 0.15) is 27.7 Å². The molecule has 2 rings (SSSR count). The highest BCUT2D eigenvalue weighted by molar-refractivity contribution is 6.99. The lowest BCUT2D eigenvalue weighted by atomic mass is 10.2. The number of rotatable bonds is 6. The molecular weight excluding hydrogens is 302 g/mol. The Balaban J connectivity index is 2.62. The zero-order chi connectivity index (χ0) is 16.9. The Morgan fingerprint density at radius 2 is 1.39 bits per heavy atom. The number of nitrogens with zero attached hydrogens (tertiary/aromatic N) is 1. The lowest BCUT2D eigenvalue weighted by Gasteiger charge is -2.43. The van der Waals surface area contributed by atoms with Gasteiger partial charge in [-0.3, -0.25) is 0 Å². The zero-order valence-corrected chi connectivity index (χ0v) is 15.3. The third-order valence-corrected chi connectivity index (χ3v) is 9.14. The van der Waals surface area contributed by atoms with Gasteiger partial charge in [-0.05, 0) is 22.3 Å². The van der Waals surface area contributed by atoms with E-state index in [0.29, 0.717) is 6.61 Å². The first-order chi connectivity index (χ1) is 10.9. The Morgan fingerprint density at radius 3 is 1.74 bits per heavy atom. The molecule has 0 bridgehead atoms. The summed E-state index contributed by atoms with van der Waals surface area (Å²) in [6.07, 6.45) is 0. The maximum absolute atomic E-state index is 10.8. The number of hydrogen-bond acceptors (Lipinski definition) is 3. The topological polar surface area (TPSA) is 38.7 Å². The standard InChI is InChI=1S/C19H25NO2Si/c1-16(20-21)15-22-23(19(2,3)4,17-11-7-5-8-12-17)18-13-9-6-10-14-18/h5-14,16H,15H2,1-4H3/t16-/m1/s1. The van der Waals surface area contributed by atoms with Gasteiger partial charge in [0, 0.05) is 0 Å². The number of benzene rings is 2. The molecule has 0 spiro atoms. The molecule has 4 heteroatoms. The van der Waals surface area contributed by atoms with Crippen molar-refractivity contribution in [2.24, 2.45) is 5.18 Å². The summed E-state index contributed by atoms with van der Waals surface area (Å²) in [5.74, 6) is 0. The third kappa shape index (κ3) is 3.59. The largest absolute Gasteiger partial charge is 0.405 e. The third-order valence-electron chi connectivity index (χ3n) is 4.14. The van der Waals surface area contributed by atoms with Crippen LogP contribution in [0, 0.1) is 4.91 Å². The molecule has 23 heavy (non-hydrogen) atoms. The van der Waals surface area contributed by atoms with Crippen molar-refractivity contribution >= 4 is 18.7 Å². The van der Waals surface area contributed by atoms with Crippen LogP contribution >= 0.6 is 0 Å². The molecule has 0 saturated heterocycles. The smallest absolute Gasteiger partial charge is 0.261 e. The van der Waals surface area contributed by atoms with Gasteiger partial charge in [-0.15, -0.1) is 0 Å². The molecule has 2 aromatic carbocycles. The average molecular weight is 328 g/mol. The second-order valence-electron chi connectivity index (χ2n) is 6.93. The van der Waals surface area contributed by atoms with Crippen molar-refractivity contribution in [3.63, 3.8) is 0 Å². The molecule has 0 aliphatic carbocycles. The van der Waals surface area contributed by atoms with Crippen molar-refractivity contribution in [3.05, 3.63) is 65.6 Å². The maximum Gasteiger partial charge on any atom is 0.261 e. The van der Waals surface area contributed by atoms with Gasteiger partial charge in [-0.1, -0.05) is 86.6 Å². The molecular formula is C19H25NO2Si. The van der Waals surface area contributed by atoms with E-state index in [0.717, 1.165) is 0 Å². The molecule has 0 unspecified atom stereocenters. The van der Waals surface area contributed by atoms with Gasteiger partial charge in [0.15, 0.2) is 0 Å². The van der Waals surface area contributed by atoms with Crippen LogP contribution in [-0.4, -0.2) is 21.0 Å². The summed E-state index contributed by atoms with van der Waals surface area (Å²) in [5, 5.41) is 5.48. The summed E-state index contributed by atoms with van der Waals surface area (Å²) in [6, 6.07) is 20.5. The van der Waals surface area contributed by atoms with E-state index >= 15 is 0 Å². The van der Waals surface area contributed by atoms with E-state index in [1.807, 2.05) is 12.1 Å². The van der Waals surface area contributed by atoms with Crippen LogP contribution in [0.15, 0.2) is 65.8 Å². The van der Waals surface area contributed by atoms with Gasteiger partial charge in [0.1, 0.15) is 6.04 Å². The van der Waals surface area contributed by atoms with Gasteiger partial charge >= 0.3 is 0 Å². The van der Waals surface area contributed by atoms with E-state index in [1.165, 1.54) is 10.4 Å². The molecule has 1 atom stereocenters. The van der Waals surface area contributed by atoms with Crippen LogP contribution in [0.5, 0.6) is 0 Å². The SMILES string of the molecule is C[C@H](CO[Si](c1ccccc1)(c1ccccc1)C(C)(C)C)N=O. The molecule has 0 amide bonds. The molecule has 0 heterocycles. The van der Waals surface area contributed by atoms with Crippen LogP contribution < -0.4 is 10.4 Å². The molecule has 0 aliphatic rings. The van der Waals surface area contributed by atoms with Crippen molar-refractivity contribution in [2.45, 2.75) is 38.8 Å². The Bertz CT molecular complexity index is 583. The van der Waals surface area contributed by atoms with Gasteiger partial charge in [0.25, 0.3) is 8.32 Å². The van der Waals surface area contributed by atoms with E-state index in [4.69, 9.17) is 4.43 Å². The molecule has 0 fully saturated rings. The first-order valence-electron chi connectivity index (χ1n) is 7.99. The normalized spacial score (nSPS) is 13.6. The van der Waals surface area contributed by atoms with Crippen molar-refractivity contribution in [1.82, 2.24) is 0 Å². The first kappa shape index (κ1) is 17.6. The second-order valence-corrected chi connectivity index (χ2v) is 11.2. The minimum Gasteiger partial charge on any atom is -0.405 e. The Hall–Kier alpha value is -1.78. The van der Waals surface area contributed by atoms with Crippen LogP contribution in [-0.2, 0) is 4.43 Å². The highest BCUT2D eigenvalue weighted by atomic mass is 28.4. The fourth-order valence-electron chi connectivity index (χ4n) is 3.04. The van der Waals surface area contributed by atoms with Gasteiger partial charge < -0.3 is 4.43 Å². The van der Waals surface area contributed by atoms with Gasteiger partial charge in [0.05, 0.1) is 6.61 Å². The first-order valence-corrected chi connectivity index (χ1v) is 9.90. The fourth-order valence-corrected chi connectivity index (χ4v) is 7.68. The highest BCUT2D eigenvalue weighted by Crippen LogP contribution is 2.36. The molecule has 0 saturated carbocycles. The minimum absolute atomic E-state index is 0.0711. The summed E-state index contributed by atoms with van der Waals surface area (Å²) in [6.45, 7) is 8.80. The molecule has 0 aliphatic heterocycles. The molecule has 0 radical (unpaired) electrons. The molecule has 2 aromatic rings. The predicted molar refractivity (Wildman–Crippen MR) is 98.8 cm³/mol. The van der Waals surface area contributed by atoms with Crippen LogP contribution in [0.25, 0.3) is 0 Å². The minimum atomic E-state index is -2.53. The Morgan fingerprint density at radius 1 is 0.957 bits per heavy atom. The molecule has 0 aromatic heterocycles. The lowest BCUT2D eigenvalue weighted by molar-refractivity contribution is 0.278. The molecule has 0 N–H and O–H groups in total. The van der Waals surface area contributed by atoms with Gasteiger partial charge in [-0.25, -0.2) is 0 Å². The number of hydrogen-bond donors (Lipinski definition) is 0. The fraction of sp³-hybridized carbons (Fsp3) is 0.368. The van der Waals surface area contributed by atoms with Crippen LogP contribution in [0.2, 0.25) is 5.04 Å². The van der Waals surface area contributed by atoms with E-state index in [2.05, 4.69) is 74.5 Å². The van der Waals surface area contributed by atoms with E-state index in [9.17, 15) is 4.91 Å². The predicted octanol–water partition coefficient (Wildman–Crippen LogP) is 3.72. The van der Waals surface area contributed by atoms with E-state index < -0.39 is 8.32 Å². The van der Waals surface area contributed by atoms with Gasteiger partial charge in [0.2, 0.25) is 0 Å². The summed E-state index contributed by atoms with van der Waals surface area (Å²) >= 11 is 0. The molecule has 122 valence electrons. The average Bonchev–Trinajstić information content (AvgIpc) is 2.56. The Kier molecular flexibility index (Phi) is 5.49. The van der Waals surface area contributed by atoms with Crippen molar-refractivity contribution < 1.29 is 4.43 Å². The maximum atomic E-state index is 10.8. The Labute approximate surface area is 139 Å². The summed E-state index contributed by atoms with van der Waals surface area (Å²) in [7, 11) is -2.53. The van der Waals surface area contributed by atoms with Gasteiger partial charge in [-0.2, -0.15) is 4.91 Å². The van der Waals surface area contributed by atoms with E-state index in [1.54, 1.807) is 6.92 Å². The van der Waals surface area contributed by atoms with E-state index in [-0.39, 0.29) is 11.1 Å². The number of nitroso groups, excluding NO2 is 1.